The van der Waals surface area contributed by atoms with Gasteiger partial charge in [-0.3, -0.25) is 4.98 Å². The van der Waals surface area contributed by atoms with E-state index in [1.807, 2.05) is 72.8 Å². The summed E-state index contributed by atoms with van der Waals surface area (Å²) >= 11 is 0. The normalized spacial score (nSPS) is 11.1. The largest absolute Gasteiger partial charge is 0.384 e. The molecule has 1 N–H and O–H groups in total. The fourth-order valence-corrected chi connectivity index (χ4v) is 2.43. The SMILES string of the molecule is CC(C)(O)c1ccc(N=C(c2ccccc2)c2ccccc2)cn1. The minimum atomic E-state index is -0.954. The Hall–Kier alpha value is -2.78. The Balaban J connectivity index is 2.04. The van der Waals surface area contributed by atoms with Gasteiger partial charge < -0.3 is 5.11 Å². The average molecular weight is 316 g/mol. The lowest BCUT2D eigenvalue weighted by Gasteiger charge is -2.16. The summed E-state index contributed by atoms with van der Waals surface area (Å²) in [5.74, 6) is 0. The van der Waals surface area contributed by atoms with Crippen LogP contribution in [0.1, 0.15) is 30.7 Å². The van der Waals surface area contributed by atoms with Crippen molar-refractivity contribution in [2.24, 2.45) is 4.99 Å². The van der Waals surface area contributed by atoms with Crippen LogP contribution in [0, 0.1) is 0 Å². The number of aromatic nitrogens is 1. The topological polar surface area (TPSA) is 45.5 Å². The average Bonchev–Trinajstić information content (AvgIpc) is 2.61. The van der Waals surface area contributed by atoms with Crippen LogP contribution in [0.5, 0.6) is 0 Å². The van der Waals surface area contributed by atoms with E-state index in [2.05, 4.69) is 4.98 Å². The predicted molar refractivity (Wildman–Crippen MR) is 97.7 cm³/mol. The Morgan fingerprint density at radius 1 is 0.833 bits per heavy atom. The number of hydrogen-bond donors (Lipinski definition) is 1. The molecule has 0 fully saturated rings. The quantitative estimate of drug-likeness (QED) is 0.721. The van der Waals surface area contributed by atoms with Gasteiger partial charge in [-0.1, -0.05) is 60.7 Å². The summed E-state index contributed by atoms with van der Waals surface area (Å²) in [6.07, 6.45) is 1.69. The second-order valence-electron chi connectivity index (χ2n) is 6.15. The van der Waals surface area contributed by atoms with E-state index < -0.39 is 5.60 Å². The van der Waals surface area contributed by atoms with Crippen LogP contribution in [0.15, 0.2) is 84.0 Å². The highest BCUT2D eigenvalue weighted by Crippen LogP contribution is 2.21. The van der Waals surface area contributed by atoms with Crippen molar-refractivity contribution in [3.8, 4) is 0 Å². The van der Waals surface area contributed by atoms with Crippen molar-refractivity contribution < 1.29 is 5.11 Å². The second-order valence-corrected chi connectivity index (χ2v) is 6.15. The fourth-order valence-electron chi connectivity index (χ4n) is 2.43. The van der Waals surface area contributed by atoms with Gasteiger partial charge in [0.05, 0.1) is 23.3 Å². The van der Waals surface area contributed by atoms with Crippen molar-refractivity contribution in [3.63, 3.8) is 0 Å². The van der Waals surface area contributed by atoms with Crippen LogP contribution >= 0.6 is 0 Å². The third kappa shape index (κ3) is 3.76. The van der Waals surface area contributed by atoms with Gasteiger partial charge in [0.1, 0.15) is 5.60 Å². The van der Waals surface area contributed by atoms with Crippen molar-refractivity contribution in [2.75, 3.05) is 0 Å². The fraction of sp³-hybridized carbons (Fsp3) is 0.143. The first-order valence-corrected chi connectivity index (χ1v) is 7.92. The summed E-state index contributed by atoms with van der Waals surface area (Å²) in [5, 5.41) is 10.0. The maximum absolute atomic E-state index is 10.0. The van der Waals surface area contributed by atoms with E-state index in [0.717, 1.165) is 22.5 Å². The van der Waals surface area contributed by atoms with Gasteiger partial charge in [-0.25, -0.2) is 4.99 Å². The van der Waals surface area contributed by atoms with Gasteiger partial charge in [0.25, 0.3) is 0 Å². The molecule has 0 atom stereocenters. The Morgan fingerprint density at radius 3 is 1.79 bits per heavy atom. The molecule has 120 valence electrons. The molecule has 3 aromatic rings. The van der Waals surface area contributed by atoms with Gasteiger partial charge in [0.15, 0.2) is 0 Å². The van der Waals surface area contributed by atoms with Crippen LogP contribution in [-0.4, -0.2) is 15.8 Å². The summed E-state index contributed by atoms with van der Waals surface area (Å²) in [4.78, 5) is 9.13. The first-order valence-electron chi connectivity index (χ1n) is 7.92. The van der Waals surface area contributed by atoms with Crippen molar-refractivity contribution in [1.82, 2.24) is 4.98 Å². The number of hydrogen-bond acceptors (Lipinski definition) is 3. The minimum Gasteiger partial charge on any atom is -0.384 e. The van der Waals surface area contributed by atoms with E-state index in [4.69, 9.17) is 4.99 Å². The van der Waals surface area contributed by atoms with E-state index >= 15 is 0 Å². The molecule has 0 radical (unpaired) electrons. The molecule has 2 aromatic carbocycles. The van der Waals surface area contributed by atoms with E-state index in [9.17, 15) is 5.11 Å². The molecule has 0 unspecified atom stereocenters. The Morgan fingerprint density at radius 2 is 1.38 bits per heavy atom. The third-order valence-electron chi connectivity index (χ3n) is 3.71. The molecule has 0 spiro atoms. The van der Waals surface area contributed by atoms with E-state index in [1.165, 1.54) is 0 Å². The molecule has 3 nitrogen and oxygen atoms in total. The number of aliphatic imine (C=N–C) groups is 1. The van der Waals surface area contributed by atoms with E-state index in [-0.39, 0.29) is 0 Å². The number of rotatable bonds is 4. The van der Waals surface area contributed by atoms with Crippen molar-refractivity contribution >= 4 is 11.4 Å². The molecule has 0 saturated carbocycles. The molecule has 0 aliphatic rings. The molecule has 3 rings (SSSR count). The second kappa shape index (κ2) is 6.77. The zero-order valence-corrected chi connectivity index (χ0v) is 13.8. The lowest BCUT2D eigenvalue weighted by Crippen LogP contribution is -2.16. The molecule has 0 amide bonds. The van der Waals surface area contributed by atoms with Crippen LogP contribution in [0.25, 0.3) is 0 Å². The summed E-state index contributed by atoms with van der Waals surface area (Å²) in [6, 6.07) is 23.9. The Kier molecular flexibility index (Phi) is 4.54. The summed E-state index contributed by atoms with van der Waals surface area (Å²) in [7, 11) is 0. The molecular weight excluding hydrogens is 296 g/mol. The smallest absolute Gasteiger partial charge is 0.101 e. The van der Waals surface area contributed by atoms with Gasteiger partial charge >= 0.3 is 0 Å². The van der Waals surface area contributed by atoms with Gasteiger partial charge in [0, 0.05) is 11.1 Å². The van der Waals surface area contributed by atoms with Crippen molar-refractivity contribution in [1.29, 1.82) is 0 Å². The van der Waals surface area contributed by atoms with E-state index in [1.54, 1.807) is 20.0 Å². The number of aliphatic hydroxyl groups is 1. The zero-order valence-electron chi connectivity index (χ0n) is 13.8. The summed E-state index contributed by atoms with van der Waals surface area (Å²) < 4.78 is 0. The van der Waals surface area contributed by atoms with Gasteiger partial charge in [-0.15, -0.1) is 0 Å². The number of benzene rings is 2. The number of pyridine rings is 1. The van der Waals surface area contributed by atoms with E-state index in [0.29, 0.717) is 5.69 Å². The maximum Gasteiger partial charge on any atom is 0.101 e. The van der Waals surface area contributed by atoms with Crippen LogP contribution in [-0.2, 0) is 5.60 Å². The zero-order chi connectivity index (χ0) is 17.0. The highest BCUT2D eigenvalue weighted by molar-refractivity contribution is 6.13. The van der Waals surface area contributed by atoms with Crippen LogP contribution in [0.4, 0.5) is 5.69 Å². The van der Waals surface area contributed by atoms with Crippen LogP contribution in [0.2, 0.25) is 0 Å². The Bertz CT molecular complexity index is 776. The van der Waals surface area contributed by atoms with Crippen molar-refractivity contribution in [3.05, 3.63) is 95.8 Å². The standard InChI is InChI=1S/C21H20N2O/c1-21(2,24)19-14-13-18(15-22-19)23-20(16-9-5-3-6-10-16)17-11-7-4-8-12-17/h3-15,24H,1-2H3. The Labute approximate surface area is 142 Å². The molecule has 0 aliphatic carbocycles. The summed E-state index contributed by atoms with van der Waals surface area (Å²) in [6.45, 7) is 3.44. The molecule has 3 heteroatoms. The molecule has 1 aromatic heterocycles. The first kappa shape index (κ1) is 16.1. The van der Waals surface area contributed by atoms with Crippen molar-refractivity contribution in [2.45, 2.75) is 19.4 Å². The third-order valence-corrected chi connectivity index (χ3v) is 3.71. The van der Waals surface area contributed by atoms with Gasteiger partial charge in [0.2, 0.25) is 0 Å². The molecular formula is C21H20N2O. The van der Waals surface area contributed by atoms with Crippen LogP contribution in [0.3, 0.4) is 0 Å². The summed E-state index contributed by atoms with van der Waals surface area (Å²) in [5.41, 5.74) is 3.43. The highest BCUT2D eigenvalue weighted by atomic mass is 16.3. The predicted octanol–water partition coefficient (Wildman–Crippen LogP) is 4.48. The molecule has 0 saturated heterocycles. The molecule has 0 aliphatic heterocycles. The van der Waals surface area contributed by atoms with Gasteiger partial charge in [-0.2, -0.15) is 0 Å². The highest BCUT2D eigenvalue weighted by Gasteiger charge is 2.17. The first-order chi connectivity index (χ1) is 11.5. The molecule has 24 heavy (non-hydrogen) atoms. The van der Waals surface area contributed by atoms with Gasteiger partial charge in [-0.05, 0) is 26.0 Å². The maximum atomic E-state index is 10.0. The monoisotopic (exact) mass is 316 g/mol. The lowest BCUT2D eigenvalue weighted by atomic mass is 10.0. The lowest BCUT2D eigenvalue weighted by molar-refractivity contribution is 0.0739. The molecule has 1 heterocycles. The number of nitrogens with zero attached hydrogens (tertiary/aromatic N) is 2. The molecule has 0 bridgehead atoms. The minimum absolute atomic E-state index is 0.627. The van der Waals surface area contributed by atoms with Crippen LogP contribution < -0.4 is 0 Å².